The van der Waals surface area contributed by atoms with Gasteiger partial charge in [-0.25, -0.2) is 0 Å². The van der Waals surface area contributed by atoms with Crippen LogP contribution in [-0.4, -0.2) is 18.4 Å². The zero-order valence-corrected chi connectivity index (χ0v) is 14.3. The van der Waals surface area contributed by atoms with Crippen molar-refractivity contribution in [2.45, 2.75) is 19.3 Å². The van der Waals surface area contributed by atoms with E-state index in [0.717, 1.165) is 10.9 Å². The normalized spacial score (nSPS) is 10.1. The van der Waals surface area contributed by atoms with Gasteiger partial charge in [-0.2, -0.15) is 0 Å². The van der Waals surface area contributed by atoms with Gasteiger partial charge >= 0.3 is 0 Å². The molecule has 0 heterocycles. The SMILES string of the molecule is O=C(CCC(=O)Nc1ccccc1Br)NCCc1ccccc1. The lowest BCUT2D eigenvalue weighted by molar-refractivity contribution is -0.124. The average molecular weight is 375 g/mol. The number of nitrogens with one attached hydrogen (secondary N) is 2. The lowest BCUT2D eigenvalue weighted by atomic mass is 10.1. The third-order valence-corrected chi connectivity index (χ3v) is 4.00. The highest BCUT2D eigenvalue weighted by atomic mass is 79.9. The molecule has 2 rings (SSSR count). The summed E-state index contributed by atoms with van der Waals surface area (Å²) >= 11 is 3.37. The summed E-state index contributed by atoms with van der Waals surface area (Å²) in [5, 5.41) is 5.62. The number of hydrogen-bond donors (Lipinski definition) is 2. The van der Waals surface area contributed by atoms with Crippen LogP contribution in [0, 0.1) is 0 Å². The highest BCUT2D eigenvalue weighted by molar-refractivity contribution is 9.10. The van der Waals surface area contributed by atoms with Crippen LogP contribution < -0.4 is 10.6 Å². The number of hydrogen-bond acceptors (Lipinski definition) is 2. The van der Waals surface area contributed by atoms with Crippen LogP contribution in [0.1, 0.15) is 18.4 Å². The van der Waals surface area contributed by atoms with E-state index in [1.807, 2.05) is 54.6 Å². The first-order valence-electron chi connectivity index (χ1n) is 7.50. The first-order chi connectivity index (χ1) is 11.1. The van der Waals surface area contributed by atoms with E-state index in [1.165, 1.54) is 5.56 Å². The molecule has 0 saturated heterocycles. The van der Waals surface area contributed by atoms with Crippen molar-refractivity contribution in [3.05, 3.63) is 64.6 Å². The van der Waals surface area contributed by atoms with Gasteiger partial charge in [0, 0.05) is 23.9 Å². The third kappa shape index (κ3) is 6.24. The molecule has 2 N–H and O–H groups in total. The van der Waals surface area contributed by atoms with E-state index < -0.39 is 0 Å². The molecule has 0 aromatic heterocycles. The second-order valence-corrected chi connectivity index (χ2v) is 5.97. The van der Waals surface area contributed by atoms with E-state index in [0.29, 0.717) is 12.2 Å². The molecule has 0 radical (unpaired) electrons. The molecule has 0 saturated carbocycles. The van der Waals surface area contributed by atoms with Crippen molar-refractivity contribution >= 4 is 33.4 Å². The fourth-order valence-corrected chi connectivity index (χ4v) is 2.47. The van der Waals surface area contributed by atoms with Crippen molar-refractivity contribution in [1.82, 2.24) is 5.32 Å². The highest BCUT2D eigenvalue weighted by Gasteiger charge is 2.08. The molecule has 0 aliphatic carbocycles. The van der Waals surface area contributed by atoms with Gasteiger partial charge in [-0.3, -0.25) is 9.59 Å². The van der Waals surface area contributed by atoms with Gasteiger partial charge in [-0.15, -0.1) is 0 Å². The fraction of sp³-hybridized carbons (Fsp3) is 0.222. The minimum absolute atomic E-state index is 0.108. The standard InChI is InChI=1S/C18H19BrN2O2/c19-15-8-4-5-9-16(15)21-18(23)11-10-17(22)20-13-12-14-6-2-1-3-7-14/h1-9H,10-13H2,(H,20,22)(H,21,23). The summed E-state index contributed by atoms with van der Waals surface area (Å²) in [5.41, 5.74) is 1.89. The predicted octanol–water partition coefficient (Wildman–Crippen LogP) is 3.53. The summed E-state index contributed by atoms with van der Waals surface area (Å²) in [7, 11) is 0. The van der Waals surface area contributed by atoms with Gasteiger partial charge in [-0.05, 0) is 40.0 Å². The number of benzene rings is 2. The molecule has 0 unspecified atom stereocenters. The minimum Gasteiger partial charge on any atom is -0.356 e. The highest BCUT2D eigenvalue weighted by Crippen LogP contribution is 2.21. The number of rotatable bonds is 7. The van der Waals surface area contributed by atoms with E-state index >= 15 is 0 Å². The number of halogens is 1. The van der Waals surface area contributed by atoms with Gasteiger partial charge in [0.1, 0.15) is 0 Å². The van der Waals surface area contributed by atoms with Gasteiger partial charge < -0.3 is 10.6 Å². The van der Waals surface area contributed by atoms with Gasteiger partial charge in [0.2, 0.25) is 11.8 Å². The maximum absolute atomic E-state index is 11.9. The van der Waals surface area contributed by atoms with Crippen LogP contribution in [0.4, 0.5) is 5.69 Å². The number of carbonyl (C=O) groups is 2. The van der Waals surface area contributed by atoms with E-state index in [4.69, 9.17) is 0 Å². The molecular weight excluding hydrogens is 356 g/mol. The summed E-state index contributed by atoms with van der Waals surface area (Å²) in [6.07, 6.45) is 1.14. The van der Waals surface area contributed by atoms with Crippen LogP contribution in [0.2, 0.25) is 0 Å². The average Bonchev–Trinajstić information content (AvgIpc) is 2.56. The lowest BCUT2D eigenvalue weighted by Crippen LogP contribution is -2.26. The Morgan fingerprint density at radius 3 is 2.26 bits per heavy atom. The Morgan fingerprint density at radius 2 is 1.52 bits per heavy atom. The van der Waals surface area contributed by atoms with Crippen LogP contribution >= 0.6 is 15.9 Å². The predicted molar refractivity (Wildman–Crippen MR) is 95.2 cm³/mol. The van der Waals surface area contributed by atoms with Crippen molar-refractivity contribution in [2.24, 2.45) is 0 Å². The number of amides is 2. The van der Waals surface area contributed by atoms with E-state index in [1.54, 1.807) is 0 Å². The lowest BCUT2D eigenvalue weighted by Gasteiger charge is -2.08. The van der Waals surface area contributed by atoms with Crippen LogP contribution in [0.25, 0.3) is 0 Å². The fourth-order valence-electron chi connectivity index (χ4n) is 2.08. The van der Waals surface area contributed by atoms with Gasteiger partial charge in [-0.1, -0.05) is 42.5 Å². The Morgan fingerprint density at radius 1 is 0.870 bits per heavy atom. The van der Waals surface area contributed by atoms with Crippen LogP contribution in [-0.2, 0) is 16.0 Å². The molecule has 0 spiro atoms. The van der Waals surface area contributed by atoms with Gasteiger partial charge in [0.05, 0.1) is 5.69 Å². The third-order valence-electron chi connectivity index (χ3n) is 3.31. The van der Waals surface area contributed by atoms with Crippen molar-refractivity contribution in [1.29, 1.82) is 0 Å². The Labute approximate surface area is 144 Å². The van der Waals surface area contributed by atoms with Crippen LogP contribution in [0.15, 0.2) is 59.1 Å². The van der Waals surface area contributed by atoms with Crippen LogP contribution in [0.5, 0.6) is 0 Å². The monoisotopic (exact) mass is 374 g/mol. The van der Waals surface area contributed by atoms with Crippen molar-refractivity contribution in [3.63, 3.8) is 0 Å². The second kappa shape index (κ2) is 9.10. The number of para-hydroxylation sites is 1. The van der Waals surface area contributed by atoms with Gasteiger partial charge in [0.25, 0.3) is 0 Å². The Bertz CT molecular complexity index is 659. The molecule has 2 aromatic rings. The molecule has 2 aromatic carbocycles. The van der Waals surface area contributed by atoms with Gasteiger partial charge in [0.15, 0.2) is 0 Å². The maximum atomic E-state index is 11.9. The van der Waals surface area contributed by atoms with E-state index in [-0.39, 0.29) is 24.7 Å². The van der Waals surface area contributed by atoms with E-state index in [9.17, 15) is 9.59 Å². The summed E-state index contributed by atoms with van der Waals surface area (Å²) in [5.74, 6) is -0.279. The smallest absolute Gasteiger partial charge is 0.224 e. The molecule has 0 bridgehead atoms. The molecule has 0 aliphatic rings. The molecule has 2 amide bonds. The van der Waals surface area contributed by atoms with Crippen molar-refractivity contribution in [3.8, 4) is 0 Å². The first-order valence-corrected chi connectivity index (χ1v) is 8.29. The summed E-state index contributed by atoms with van der Waals surface area (Å²) < 4.78 is 0.820. The summed E-state index contributed by atoms with van der Waals surface area (Å²) in [6, 6.07) is 17.3. The zero-order valence-electron chi connectivity index (χ0n) is 12.7. The second-order valence-electron chi connectivity index (χ2n) is 5.11. The Hall–Kier alpha value is -2.14. The topological polar surface area (TPSA) is 58.2 Å². The Balaban J connectivity index is 1.66. The number of carbonyl (C=O) groups excluding carboxylic acids is 2. The van der Waals surface area contributed by atoms with E-state index in [2.05, 4.69) is 26.6 Å². The van der Waals surface area contributed by atoms with Crippen molar-refractivity contribution < 1.29 is 9.59 Å². The maximum Gasteiger partial charge on any atom is 0.224 e. The molecular formula is C18H19BrN2O2. The minimum atomic E-state index is -0.171. The zero-order chi connectivity index (χ0) is 16.5. The molecule has 5 heteroatoms. The number of anilines is 1. The summed E-state index contributed by atoms with van der Waals surface area (Å²) in [4.78, 5) is 23.6. The largest absolute Gasteiger partial charge is 0.356 e. The summed E-state index contributed by atoms with van der Waals surface area (Å²) in [6.45, 7) is 0.578. The quantitative estimate of drug-likeness (QED) is 0.778. The molecule has 0 atom stereocenters. The molecule has 23 heavy (non-hydrogen) atoms. The molecule has 4 nitrogen and oxygen atoms in total. The Kier molecular flexibility index (Phi) is 6.81. The molecule has 0 fully saturated rings. The van der Waals surface area contributed by atoms with Crippen molar-refractivity contribution in [2.75, 3.05) is 11.9 Å². The van der Waals surface area contributed by atoms with Crippen LogP contribution in [0.3, 0.4) is 0 Å². The molecule has 120 valence electrons. The molecule has 0 aliphatic heterocycles. The first kappa shape index (κ1) is 17.2.